The van der Waals surface area contributed by atoms with E-state index in [9.17, 15) is 13.6 Å². The molecule has 0 spiro atoms. The highest BCUT2D eigenvalue weighted by Gasteiger charge is 2.11. The lowest BCUT2D eigenvalue weighted by Crippen LogP contribution is -2.02. The Morgan fingerprint density at radius 3 is 2.33 bits per heavy atom. The first-order valence-electron chi connectivity index (χ1n) is 5.99. The van der Waals surface area contributed by atoms with Crippen LogP contribution in [0.15, 0.2) is 36.4 Å². The van der Waals surface area contributed by atoms with Crippen molar-refractivity contribution in [1.82, 2.24) is 0 Å². The molecule has 0 unspecified atom stereocenters. The normalized spacial score (nSPS) is 10.2. The first-order valence-corrected chi connectivity index (χ1v) is 5.99. The molecule has 21 heavy (non-hydrogen) atoms. The summed E-state index contributed by atoms with van der Waals surface area (Å²) in [4.78, 5) is 10.7. The molecule has 6 heteroatoms. The first kappa shape index (κ1) is 14.8. The molecule has 2 aromatic carbocycles. The van der Waals surface area contributed by atoms with Gasteiger partial charge in [-0.05, 0) is 24.3 Å². The van der Waals surface area contributed by atoms with Crippen LogP contribution in [0.2, 0.25) is 0 Å². The Kier molecular flexibility index (Phi) is 4.37. The number of methoxy groups -OCH3 is 1. The molecular weight excluding hydrogens is 282 g/mol. The second-order valence-corrected chi connectivity index (χ2v) is 4.19. The van der Waals surface area contributed by atoms with Crippen molar-refractivity contribution in [3.05, 3.63) is 59.2 Å². The average molecular weight is 294 g/mol. The highest BCUT2D eigenvalue weighted by molar-refractivity contribution is 5.88. The molecule has 0 saturated heterocycles. The number of ether oxygens (including phenoxy) is 2. The third-order valence-corrected chi connectivity index (χ3v) is 2.83. The molecule has 0 heterocycles. The van der Waals surface area contributed by atoms with E-state index in [-0.39, 0.29) is 17.9 Å². The minimum absolute atomic E-state index is 0.109. The average Bonchev–Trinajstić information content (AvgIpc) is 2.45. The lowest BCUT2D eigenvalue weighted by Gasteiger charge is -2.09. The molecule has 4 nitrogen and oxygen atoms in total. The monoisotopic (exact) mass is 294 g/mol. The summed E-state index contributed by atoms with van der Waals surface area (Å²) >= 11 is 0. The minimum atomic E-state index is -1.36. The maximum Gasteiger partial charge on any atom is 0.338 e. The van der Waals surface area contributed by atoms with Gasteiger partial charge in [-0.2, -0.15) is 0 Å². The van der Waals surface area contributed by atoms with Crippen molar-refractivity contribution in [1.29, 1.82) is 0 Å². The predicted molar refractivity (Wildman–Crippen MR) is 70.6 cm³/mol. The smallest absolute Gasteiger partial charge is 0.338 e. The molecule has 0 aliphatic heterocycles. The molecule has 0 aromatic heterocycles. The van der Waals surface area contributed by atoms with Crippen LogP contribution in [0.4, 0.5) is 8.78 Å². The molecular formula is C15H12F2O4. The quantitative estimate of drug-likeness (QED) is 0.919. The van der Waals surface area contributed by atoms with Gasteiger partial charge in [-0.15, -0.1) is 0 Å². The SMILES string of the molecule is COc1ccc(COc2ccc(C(=O)O)c(F)c2)c(F)c1. The molecule has 0 bridgehead atoms. The summed E-state index contributed by atoms with van der Waals surface area (Å²) in [5, 5.41) is 8.71. The summed E-state index contributed by atoms with van der Waals surface area (Å²) < 4.78 is 37.3. The van der Waals surface area contributed by atoms with Gasteiger partial charge in [-0.25, -0.2) is 13.6 Å². The highest BCUT2D eigenvalue weighted by atomic mass is 19.1. The second kappa shape index (κ2) is 6.21. The number of carboxylic acid groups (broad SMARTS) is 1. The number of halogens is 2. The number of benzene rings is 2. The van der Waals surface area contributed by atoms with Crippen LogP contribution in [0.25, 0.3) is 0 Å². The first-order chi connectivity index (χ1) is 10.0. The molecule has 0 saturated carbocycles. The van der Waals surface area contributed by atoms with Crippen LogP contribution in [0.1, 0.15) is 15.9 Å². The number of aromatic carboxylic acids is 1. The van der Waals surface area contributed by atoms with Crippen LogP contribution in [0.5, 0.6) is 11.5 Å². The fraction of sp³-hybridized carbons (Fsp3) is 0.133. The van der Waals surface area contributed by atoms with Gasteiger partial charge in [0.2, 0.25) is 0 Å². The van der Waals surface area contributed by atoms with E-state index in [0.29, 0.717) is 5.75 Å². The van der Waals surface area contributed by atoms with Gasteiger partial charge in [0.15, 0.2) is 0 Å². The summed E-state index contributed by atoms with van der Waals surface area (Å²) in [5.41, 5.74) is -0.170. The topological polar surface area (TPSA) is 55.8 Å². The van der Waals surface area contributed by atoms with E-state index >= 15 is 0 Å². The van der Waals surface area contributed by atoms with Crippen molar-refractivity contribution >= 4 is 5.97 Å². The maximum atomic E-state index is 13.7. The number of rotatable bonds is 5. The molecule has 0 atom stereocenters. The van der Waals surface area contributed by atoms with E-state index in [1.807, 2.05) is 0 Å². The molecule has 0 amide bonds. The molecule has 0 radical (unpaired) electrons. The molecule has 2 rings (SSSR count). The van der Waals surface area contributed by atoms with E-state index in [0.717, 1.165) is 12.1 Å². The van der Waals surface area contributed by atoms with Crippen molar-refractivity contribution < 1.29 is 28.2 Å². The van der Waals surface area contributed by atoms with Crippen LogP contribution in [-0.2, 0) is 6.61 Å². The molecule has 2 aromatic rings. The van der Waals surface area contributed by atoms with Crippen molar-refractivity contribution in [3.63, 3.8) is 0 Å². The van der Waals surface area contributed by atoms with E-state index in [4.69, 9.17) is 14.6 Å². The Morgan fingerprint density at radius 1 is 1.10 bits per heavy atom. The van der Waals surface area contributed by atoms with Gasteiger partial charge in [-0.3, -0.25) is 0 Å². The Morgan fingerprint density at radius 2 is 1.76 bits per heavy atom. The van der Waals surface area contributed by atoms with Gasteiger partial charge in [0.25, 0.3) is 0 Å². The van der Waals surface area contributed by atoms with Gasteiger partial charge >= 0.3 is 5.97 Å². The third-order valence-electron chi connectivity index (χ3n) is 2.83. The van der Waals surface area contributed by atoms with Crippen LogP contribution in [0, 0.1) is 11.6 Å². The Labute approximate surface area is 119 Å². The zero-order valence-corrected chi connectivity index (χ0v) is 11.1. The Bertz CT molecular complexity index is 671. The van der Waals surface area contributed by atoms with E-state index < -0.39 is 23.2 Å². The highest BCUT2D eigenvalue weighted by Crippen LogP contribution is 2.20. The van der Waals surface area contributed by atoms with E-state index in [2.05, 4.69) is 0 Å². The summed E-state index contributed by atoms with van der Waals surface area (Å²) in [7, 11) is 1.43. The minimum Gasteiger partial charge on any atom is -0.497 e. The largest absolute Gasteiger partial charge is 0.497 e. The lowest BCUT2D eigenvalue weighted by molar-refractivity contribution is 0.0692. The number of hydrogen-bond acceptors (Lipinski definition) is 3. The van der Waals surface area contributed by atoms with Crippen LogP contribution >= 0.6 is 0 Å². The summed E-state index contributed by atoms with van der Waals surface area (Å²) in [6.45, 7) is -0.109. The molecule has 0 aliphatic rings. The van der Waals surface area contributed by atoms with Gasteiger partial charge in [-0.1, -0.05) is 0 Å². The third kappa shape index (κ3) is 3.47. The van der Waals surface area contributed by atoms with Crippen molar-refractivity contribution in [2.45, 2.75) is 6.61 Å². The Balaban J connectivity index is 2.10. The van der Waals surface area contributed by atoms with Gasteiger partial charge < -0.3 is 14.6 Å². The van der Waals surface area contributed by atoms with E-state index in [1.54, 1.807) is 6.07 Å². The number of hydrogen-bond donors (Lipinski definition) is 1. The maximum absolute atomic E-state index is 13.7. The second-order valence-electron chi connectivity index (χ2n) is 4.19. The molecule has 1 N–H and O–H groups in total. The standard InChI is InChI=1S/C15H12F2O4/c1-20-10-3-2-9(13(16)6-10)8-21-11-4-5-12(15(18)19)14(17)7-11/h2-7H,8H2,1H3,(H,18,19). The van der Waals surface area contributed by atoms with Crippen LogP contribution in [0.3, 0.4) is 0 Å². The van der Waals surface area contributed by atoms with Crippen LogP contribution in [-0.4, -0.2) is 18.2 Å². The van der Waals surface area contributed by atoms with Gasteiger partial charge in [0.05, 0.1) is 12.7 Å². The van der Waals surface area contributed by atoms with Gasteiger partial charge in [0.1, 0.15) is 29.7 Å². The van der Waals surface area contributed by atoms with Crippen molar-refractivity contribution in [3.8, 4) is 11.5 Å². The van der Waals surface area contributed by atoms with Crippen LogP contribution < -0.4 is 9.47 Å². The zero-order valence-electron chi connectivity index (χ0n) is 11.1. The fourth-order valence-electron chi connectivity index (χ4n) is 1.69. The number of carboxylic acids is 1. The lowest BCUT2D eigenvalue weighted by atomic mass is 10.2. The summed E-state index contributed by atoms with van der Waals surface area (Å²) in [6, 6.07) is 7.65. The summed E-state index contributed by atoms with van der Waals surface area (Å²) in [5.74, 6) is -2.27. The molecule has 0 aliphatic carbocycles. The zero-order chi connectivity index (χ0) is 15.4. The molecule has 110 valence electrons. The molecule has 0 fully saturated rings. The van der Waals surface area contributed by atoms with Gasteiger partial charge in [0, 0.05) is 17.7 Å². The van der Waals surface area contributed by atoms with E-state index in [1.165, 1.54) is 25.3 Å². The predicted octanol–water partition coefficient (Wildman–Crippen LogP) is 3.25. The van der Waals surface area contributed by atoms with Crippen molar-refractivity contribution in [2.75, 3.05) is 7.11 Å². The Hall–Kier alpha value is -2.63. The number of carbonyl (C=O) groups is 1. The fourth-order valence-corrected chi connectivity index (χ4v) is 1.69. The summed E-state index contributed by atoms with van der Waals surface area (Å²) in [6.07, 6.45) is 0. The van der Waals surface area contributed by atoms with Crippen molar-refractivity contribution in [2.24, 2.45) is 0 Å².